The van der Waals surface area contributed by atoms with Crippen molar-refractivity contribution in [2.24, 2.45) is 5.92 Å². The number of carbonyl (C=O) groups is 1. The highest BCUT2D eigenvalue weighted by molar-refractivity contribution is 5.65. The van der Waals surface area contributed by atoms with Gasteiger partial charge in [0.1, 0.15) is 0 Å². The van der Waals surface area contributed by atoms with Crippen LogP contribution in [0.4, 0.5) is 13.2 Å². The number of hydrogen-bond acceptors (Lipinski definition) is 3. The summed E-state index contributed by atoms with van der Waals surface area (Å²) in [5.74, 6) is -1.35. The Morgan fingerprint density at radius 1 is 1.26 bits per heavy atom. The summed E-state index contributed by atoms with van der Waals surface area (Å²) in [7, 11) is 0. The molecule has 0 bridgehead atoms. The van der Waals surface area contributed by atoms with Crippen LogP contribution in [0.25, 0.3) is 0 Å². The van der Waals surface area contributed by atoms with Gasteiger partial charge in [-0.05, 0) is 36.6 Å². The molecule has 0 spiro atoms. The molecule has 0 amide bonds. The molecule has 3 nitrogen and oxygen atoms in total. The summed E-state index contributed by atoms with van der Waals surface area (Å²) in [5, 5.41) is 13.7. The van der Waals surface area contributed by atoms with Crippen LogP contribution in [0.1, 0.15) is 23.5 Å². The van der Waals surface area contributed by atoms with Gasteiger partial charge in [-0.3, -0.25) is 0 Å². The number of carbonyl (C=O) groups excluding carboxylic acids is 1. The average molecular weight is 272 g/mol. The summed E-state index contributed by atoms with van der Waals surface area (Å²) in [6.07, 6.45) is -4.43. The Morgan fingerprint density at radius 3 is 2.42 bits per heavy atom. The second-order valence-electron chi connectivity index (χ2n) is 4.72. The molecule has 1 aliphatic rings. The van der Waals surface area contributed by atoms with Gasteiger partial charge in [-0.2, -0.15) is 13.2 Å². The molecule has 1 saturated heterocycles. The maximum atomic E-state index is 12.4. The minimum atomic E-state index is -4.35. The van der Waals surface area contributed by atoms with E-state index in [2.05, 4.69) is 5.32 Å². The van der Waals surface area contributed by atoms with Gasteiger partial charge < -0.3 is 15.2 Å². The van der Waals surface area contributed by atoms with Crippen molar-refractivity contribution in [3.63, 3.8) is 0 Å². The predicted molar refractivity (Wildman–Crippen MR) is 60.2 cm³/mol. The lowest BCUT2D eigenvalue weighted by molar-refractivity contribution is -0.306. The van der Waals surface area contributed by atoms with Gasteiger partial charge in [-0.15, -0.1) is 0 Å². The zero-order valence-corrected chi connectivity index (χ0v) is 10.0. The third-order valence-corrected chi connectivity index (χ3v) is 3.43. The summed E-state index contributed by atoms with van der Waals surface area (Å²) < 4.78 is 37.3. The lowest BCUT2D eigenvalue weighted by atomic mass is 9.86. The van der Waals surface area contributed by atoms with Crippen LogP contribution in [0.2, 0.25) is 0 Å². The number of alkyl halides is 3. The van der Waals surface area contributed by atoms with Crippen molar-refractivity contribution in [3.05, 3.63) is 35.4 Å². The van der Waals surface area contributed by atoms with Crippen molar-refractivity contribution in [3.8, 4) is 0 Å². The zero-order valence-electron chi connectivity index (χ0n) is 10.0. The van der Waals surface area contributed by atoms with Gasteiger partial charge in [0, 0.05) is 18.4 Å². The average Bonchev–Trinajstić information content (AvgIpc) is 2.75. The molecule has 19 heavy (non-hydrogen) atoms. The fourth-order valence-corrected chi connectivity index (χ4v) is 2.47. The second-order valence-corrected chi connectivity index (χ2v) is 4.72. The first-order valence-corrected chi connectivity index (χ1v) is 5.95. The summed E-state index contributed by atoms with van der Waals surface area (Å²) >= 11 is 0. The van der Waals surface area contributed by atoms with E-state index in [9.17, 15) is 23.1 Å². The van der Waals surface area contributed by atoms with Gasteiger partial charge in [-0.1, -0.05) is 12.1 Å². The molecular weight excluding hydrogens is 259 g/mol. The smallest absolute Gasteiger partial charge is 0.416 e. The van der Waals surface area contributed by atoms with Crippen molar-refractivity contribution < 1.29 is 23.1 Å². The normalized spacial score (nSPS) is 23.5. The fraction of sp³-hybridized carbons (Fsp3) is 0.462. The molecule has 104 valence electrons. The molecular formula is C13H13F3NO2-. The van der Waals surface area contributed by atoms with Gasteiger partial charge in [-0.25, -0.2) is 0 Å². The van der Waals surface area contributed by atoms with E-state index in [1.54, 1.807) is 0 Å². The Labute approximate surface area is 108 Å². The van der Waals surface area contributed by atoms with Crippen molar-refractivity contribution in [1.29, 1.82) is 0 Å². The fourth-order valence-electron chi connectivity index (χ4n) is 2.47. The highest BCUT2D eigenvalue weighted by atomic mass is 19.4. The van der Waals surface area contributed by atoms with E-state index in [1.807, 2.05) is 0 Å². The molecule has 0 saturated carbocycles. The molecule has 1 aromatic carbocycles. The quantitative estimate of drug-likeness (QED) is 0.898. The van der Waals surface area contributed by atoms with Gasteiger partial charge in [0.15, 0.2) is 0 Å². The molecule has 2 rings (SSSR count). The molecule has 1 aromatic rings. The monoisotopic (exact) mass is 272 g/mol. The zero-order chi connectivity index (χ0) is 14.0. The van der Waals surface area contributed by atoms with Crippen LogP contribution >= 0.6 is 0 Å². The number of benzene rings is 1. The van der Waals surface area contributed by atoms with Crippen LogP contribution in [0.15, 0.2) is 24.3 Å². The number of carboxylic acids is 1. The van der Waals surface area contributed by atoms with Crippen LogP contribution in [0, 0.1) is 5.92 Å². The maximum absolute atomic E-state index is 12.4. The van der Waals surface area contributed by atoms with Crippen molar-refractivity contribution in [1.82, 2.24) is 5.32 Å². The minimum Gasteiger partial charge on any atom is -0.550 e. The summed E-state index contributed by atoms with van der Waals surface area (Å²) in [4.78, 5) is 10.6. The maximum Gasteiger partial charge on any atom is 0.416 e. The number of aliphatic carboxylic acids is 1. The van der Waals surface area contributed by atoms with Crippen LogP contribution < -0.4 is 10.4 Å². The Balaban J connectivity index is 2.15. The Morgan fingerprint density at radius 2 is 1.89 bits per heavy atom. The number of rotatable bonds is 3. The highest BCUT2D eigenvalue weighted by Gasteiger charge is 2.32. The second kappa shape index (κ2) is 5.21. The van der Waals surface area contributed by atoms with E-state index in [0.29, 0.717) is 13.1 Å². The first kappa shape index (κ1) is 13.9. The van der Waals surface area contributed by atoms with Crippen molar-refractivity contribution in [2.75, 3.05) is 13.1 Å². The van der Waals surface area contributed by atoms with Crippen molar-refractivity contribution in [2.45, 2.75) is 18.5 Å². The SMILES string of the molecule is O=C([O-])CC1CNCC1c1ccc(C(F)(F)F)cc1. The molecule has 0 aliphatic carbocycles. The molecule has 2 unspecified atom stereocenters. The summed E-state index contributed by atoms with van der Waals surface area (Å²) in [6.45, 7) is 1.11. The number of nitrogens with one attached hydrogen (secondary N) is 1. The first-order valence-electron chi connectivity index (χ1n) is 5.95. The first-order chi connectivity index (χ1) is 8.88. The van der Waals surface area contributed by atoms with E-state index >= 15 is 0 Å². The summed E-state index contributed by atoms with van der Waals surface area (Å²) in [6, 6.07) is 4.90. The predicted octanol–water partition coefficient (Wildman–Crippen LogP) is 1.15. The van der Waals surface area contributed by atoms with Crippen LogP contribution in [0.3, 0.4) is 0 Å². The number of hydrogen-bond donors (Lipinski definition) is 1. The van der Waals surface area contributed by atoms with Crippen LogP contribution in [-0.2, 0) is 11.0 Å². The molecule has 0 aromatic heterocycles. The molecule has 1 aliphatic heterocycles. The van der Waals surface area contributed by atoms with Crippen LogP contribution in [-0.4, -0.2) is 19.1 Å². The van der Waals surface area contributed by atoms with Gasteiger partial charge >= 0.3 is 6.18 Å². The van der Waals surface area contributed by atoms with E-state index in [-0.39, 0.29) is 18.3 Å². The van der Waals surface area contributed by atoms with Crippen molar-refractivity contribution >= 4 is 5.97 Å². The molecule has 1 N–H and O–H groups in total. The molecule has 6 heteroatoms. The van der Waals surface area contributed by atoms with E-state index in [1.165, 1.54) is 12.1 Å². The van der Waals surface area contributed by atoms with Gasteiger partial charge in [0.25, 0.3) is 0 Å². The van der Waals surface area contributed by atoms with Gasteiger partial charge in [0.2, 0.25) is 0 Å². The van der Waals surface area contributed by atoms with Gasteiger partial charge in [0.05, 0.1) is 5.56 Å². The standard InChI is InChI=1S/C13H14F3NO2/c14-13(15,16)10-3-1-8(2-4-10)11-7-17-6-9(11)5-12(18)19/h1-4,9,11,17H,5-7H2,(H,18,19)/p-1. The number of carboxylic acid groups (broad SMARTS) is 1. The lowest BCUT2D eigenvalue weighted by Crippen LogP contribution is -2.27. The molecule has 2 atom stereocenters. The third-order valence-electron chi connectivity index (χ3n) is 3.43. The third kappa shape index (κ3) is 3.26. The highest BCUT2D eigenvalue weighted by Crippen LogP contribution is 2.33. The lowest BCUT2D eigenvalue weighted by Gasteiger charge is -2.19. The molecule has 0 radical (unpaired) electrons. The van der Waals surface area contributed by atoms with E-state index < -0.39 is 17.7 Å². The Bertz CT molecular complexity index is 456. The van der Waals surface area contributed by atoms with E-state index in [0.717, 1.165) is 17.7 Å². The Hall–Kier alpha value is -1.56. The topological polar surface area (TPSA) is 52.2 Å². The molecule has 1 heterocycles. The number of halogens is 3. The summed E-state index contributed by atoms with van der Waals surface area (Å²) in [5.41, 5.74) is 0.0305. The largest absolute Gasteiger partial charge is 0.550 e. The minimum absolute atomic E-state index is 0.0832. The van der Waals surface area contributed by atoms with E-state index in [4.69, 9.17) is 0 Å². The Kier molecular flexibility index (Phi) is 3.80. The molecule has 1 fully saturated rings. The van der Waals surface area contributed by atoms with Crippen LogP contribution in [0.5, 0.6) is 0 Å².